The van der Waals surface area contributed by atoms with Crippen molar-refractivity contribution in [2.45, 2.75) is 65.2 Å². The summed E-state index contributed by atoms with van der Waals surface area (Å²) in [5.41, 5.74) is 2.94. The summed E-state index contributed by atoms with van der Waals surface area (Å²) < 4.78 is 0. The standard InChI is InChI=1S/C18H30O/c1-16(2)15-18-12-10-17(11-13-18)9-7-5-3-4-6-8-14-19/h10-13,16,19H,3-9,14-15H2,1-2H3. The summed E-state index contributed by atoms with van der Waals surface area (Å²) in [4.78, 5) is 0. The SMILES string of the molecule is CC(C)Cc1ccc(CCCCCCCCO)cc1. The van der Waals surface area contributed by atoms with Gasteiger partial charge in [0.2, 0.25) is 0 Å². The molecule has 108 valence electrons. The highest BCUT2D eigenvalue weighted by molar-refractivity contribution is 5.22. The van der Waals surface area contributed by atoms with E-state index in [1.807, 2.05) is 0 Å². The summed E-state index contributed by atoms with van der Waals surface area (Å²) in [6, 6.07) is 9.17. The highest BCUT2D eigenvalue weighted by atomic mass is 16.2. The Bertz CT molecular complexity index is 313. The minimum absolute atomic E-state index is 0.350. The molecule has 1 aromatic carbocycles. The lowest BCUT2D eigenvalue weighted by Gasteiger charge is -2.06. The second-order valence-electron chi connectivity index (χ2n) is 6.01. The Labute approximate surface area is 119 Å². The first-order valence-corrected chi connectivity index (χ1v) is 7.91. The van der Waals surface area contributed by atoms with E-state index in [2.05, 4.69) is 38.1 Å². The zero-order valence-corrected chi connectivity index (χ0v) is 12.7. The molecule has 0 aliphatic heterocycles. The van der Waals surface area contributed by atoms with Crippen LogP contribution in [0.25, 0.3) is 0 Å². The molecule has 0 aliphatic carbocycles. The maximum atomic E-state index is 8.69. The predicted octanol–water partition coefficient (Wildman–Crippen LogP) is 4.76. The molecule has 0 saturated heterocycles. The maximum Gasteiger partial charge on any atom is 0.0431 e. The van der Waals surface area contributed by atoms with Gasteiger partial charge in [-0.15, -0.1) is 0 Å². The van der Waals surface area contributed by atoms with Crippen LogP contribution in [0.15, 0.2) is 24.3 Å². The number of hydrogen-bond acceptors (Lipinski definition) is 1. The molecule has 0 aliphatic rings. The van der Waals surface area contributed by atoms with Crippen molar-refractivity contribution in [2.75, 3.05) is 6.61 Å². The van der Waals surface area contributed by atoms with Crippen molar-refractivity contribution >= 4 is 0 Å². The molecule has 0 heterocycles. The van der Waals surface area contributed by atoms with E-state index < -0.39 is 0 Å². The minimum Gasteiger partial charge on any atom is -0.396 e. The van der Waals surface area contributed by atoms with E-state index in [0.717, 1.165) is 12.3 Å². The van der Waals surface area contributed by atoms with Crippen LogP contribution in [0, 0.1) is 5.92 Å². The molecule has 0 aromatic heterocycles. The number of aliphatic hydroxyl groups excluding tert-OH is 1. The first kappa shape index (κ1) is 16.2. The number of benzene rings is 1. The number of aryl methyl sites for hydroxylation is 1. The van der Waals surface area contributed by atoms with Gasteiger partial charge < -0.3 is 5.11 Å². The normalized spacial score (nSPS) is 11.2. The second kappa shape index (κ2) is 10.0. The first-order chi connectivity index (χ1) is 9.22. The molecule has 0 saturated carbocycles. The number of aliphatic hydroxyl groups is 1. The molecule has 0 atom stereocenters. The molecule has 0 spiro atoms. The quantitative estimate of drug-likeness (QED) is 0.603. The van der Waals surface area contributed by atoms with E-state index in [0.29, 0.717) is 6.61 Å². The van der Waals surface area contributed by atoms with Crippen LogP contribution >= 0.6 is 0 Å². The lowest BCUT2D eigenvalue weighted by molar-refractivity contribution is 0.282. The minimum atomic E-state index is 0.350. The van der Waals surface area contributed by atoms with Gasteiger partial charge in [-0.25, -0.2) is 0 Å². The number of hydrogen-bond donors (Lipinski definition) is 1. The van der Waals surface area contributed by atoms with Gasteiger partial charge in [0.25, 0.3) is 0 Å². The number of unbranched alkanes of at least 4 members (excludes halogenated alkanes) is 5. The summed E-state index contributed by atoms with van der Waals surface area (Å²) in [5, 5.41) is 8.69. The van der Waals surface area contributed by atoms with Crippen molar-refractivity contribution in [3.05, 3.63) is 35.4 Å². The lowest BCUT2D eigenvalue weighted by atomic mass is 9.99. The Balaban J connectivity index is 2.12. The Morgan fingerprint density at radius 3 is 1.89 bits per heavy atom. The van der Waals surface area contributed by atoms with E-state index in [1.165, 1.54) is 56.1 Å². The molecule has 0 amide bonds. The molecule has 1 nitrogen and oxygen atoms in total. The summed E-state index contributed by atoms with van der Waals surface area (Å²) >= 11 is 0. The van der Waals surface area contributed by atoms with Gasteiger partial charge in [0.1, 0.15) is 0 Å². The average molecular weight is 262 g/mol. The molecule has 1 rings (SSSR count). The zero-order valence-electron chi connectivity index (χ0n) is 12.7. The number of rotatable bonds is 10. The molecular formula is C18H30O. The van der Waals surface area contributed by atoms with Crippen molar-refractivity contribution in [1.82, 2.24) is 0 Å². The van der Waals surface area contributed by atoms with E-state index in [4.69, 9.17) is 5.11 Å². The smallest absolute Gasteiger partial charge is 0.0431 e. The highest BCUT2D eigenvalue weighted by Gasteiger charge is 1.98. The van der Waals surface area contributed by atoms with Gasteiger partial charge in [-0.2, -0.15) is 0 Å². The molecule has 19 heavy (non-hydrogen) atoms. The van der Waals surface area contributed by atoms with E-state index >= 15 is 0 Å². The fraction of sp³-hybridized carbons (Fsp3) is 0.667. The van der Waals surface area contributed by atoms with E-state index in [-0.39, 0.29) is 0 Å². The Morgan fingerprint density at radius 2 is 1.32 bits per heavy atom. The van der Waals surface area contributed by atoms with E-state index in [1.54, 1.807) is 0 Å². The van der Waals surface area contributed by atoms with Gasteiger partial charge in [0.15, 0.2) is 0 Å². The second-order valence-corrected chi connectivity index (χ2v) is 6.01. The topological polar surface area (TPSA) is 20.2 Å². The van der Waals surface area contributed by atoms with Crippen LogP contribution in [0.2, 0.25) is 0 Å². The van der Waals surface area contributed by atoms with Crippen LogP contribution in [0.5, 0.6) is 0 Å². The van der Waals surface area contributed by atoms with Crippen molar-refractivity contribution in [2.24, 2.45) is 5.92 Å². The summed E-state index contributed by atoms with van der Waals surface area (Å²) in [6.45, 7) is 4.89. The molecule has 0 unspecified atom stereocenters. The molecule has 0 radical (unpaired) electrons. The molecule has 1 aromatic rings. The third-order valence-corrected chi connectivity index (χ3v) is 3.54. The fourth-order valence-corrected chi connectivity index (χ4v) is 2.46. The van der Waals surface area contributed by atoms with Gasteiger partial charge in [0.05, 0.1) is 0 Å². The Hall–Kier alpha value is -0.820. The molecular weight excluding hydrogens is 232 g/mol. The van der Waals surface area contributed by atoms with Gasteiger partial charge >= 0.3 is 0 Å². The third-order valence-electron chi connectivity index (χ3n) is 3.54. The highest BCUT2D eigenvalue weighted by Crippen LogP contribution is 2.13. The monoisotopic (exact) mass is 262 g/mol. The Morgan fingerprint density at radius 1 is 0.789 bits per heavy atom. The van der Waals surface area contributed by atoms with Gasteiger partial charge in [-0.1, -0.05) is 63.8 Å². The van der Waals surface area contributed by atoms with E-state index in [9.17, 15) is 0 Å². The first-order valence-electron chi connectivity index (χ1n) is 7.91. The third kappa shape index (κ3) is 8.05. The largest absolute Gasteiger partial charge is 0.396 e. The van der Waals surface area contributed by atoms with Crippen molar-refractivity contribution in [3.8, 4) is 0 Å². The Kier molecular flexibility index (Phi) is 8.57. The predicted molar refractivity (Wildman–Crippen MR) is 83.5 cm³/mol. The zero-order chi connectivity index (χ0) is 13.9. The van der Waals surface area contributed by atoms with Crippen molar-refractivity contribution < 1.29 is 5.11 Å². The maximum absolute atomic E-state index is 8.69. The van der Waals surface area contributed by atoms with Crippen LogP contribution in [0.1, 0.15) is 63.5 Å². The van der Waals surface area contributed by atoms with Gasteiger partial charge in [0, 0.05) is 6.61 Å². The lowest BCUT2D eigenvalue weighted by Crippen LogP contribution is -1.94. The van der Waals surface area contributed by atoms with Crippen LogP contribution in [-0.2, 0) is 12.8 Å². The molecule has 0 fully saturated rings. The van der Waals surface area contributed by atoms with Crippen LogP contribution in [0.3, 0.4) is 0 Å². The molecule has 1 N–H and O–H groups in total. The summed E-state index contributed by atoms with van der Waals surface area (Å²) in [5.74, 6) is 0.741. The van der Waals surface area contributed by atoms with Gasteiger partial charge in [-0.3, -0.25) is 0 Å². The average Bonchev–Trinajstić information content (AvgIpc) is 2.39. The van der Waals surface area contributed by atoms with Crippen molar-refractivity contribution in [3.63, 3.8) is 0 Å². The van der Waals surface area contributed by atoms with Gasteiger partial charge in [-0.05, 0) is 42.7 Å². The summed E-state index contributed by atoms with van der Waals surface area (Å²) in [6.07, 6.45) is 9.74. The van der Waals surface area contributed by atoms with Crippen LogP contribution < -0.4 is 0 Å². The molecule has 0 bridgehead atoms. The van der Waals surface area contributed by atoms with Crippen molar-refractivity contribution in [1.29, 1.82) is 0 Å². The fourth-order valence-electron chi connectivity index (χ4n) is 2.46. The van der Waals surface area contributed by atoms with Crippen LogP contribution in [0.4, 0.5) is 0 Å². The summed E-state index contributed by atoms with van der Waals surface area (Å²) in [7, 11) is 0. The molecule has 1 heteroatoms. The van der Waals surface area contributed by atoms with Crippen LogP contribution in [-0.4, -0.2) is 11.7 Å².